The molecule has 0 atom stereocenters. The minimum Gasteiger partial charge on any atom is -0.310 e. The van der Waals surface area contributed by atoms with E-state index in [-0.39, 0.29) is 5.56 Å². The molecule has 1 N–H and O–H groups in total. The molecule has 0 radical (unpaired) electrons. The summed E-state index contributed by atoms with van der Waals surface area (Å²) >= 11 is 2.19. The Bertz CT molecular complexity index is 548. The van der Waals surface area contributed by atoms with Crippen molar-refractivity contribution in [3.05, 3.63) is 37.9 Å². The monoisotopic (exact) mass is 314 g/mol. The molecule has 15 heavy (non-hydrogen) atoms. The summed E-state index contributed by atoms with van der Waals surface area (Å²) in [5.41, 5.74) is 0.740. The van der Waals surface area contributed by atoms with E-state index in [9.17, 15) is 4.79 Å². The van der Waals surface area contributed by atoms with Gasteiger partial charge in [-0.05, 0) is 47.2 Å². The van der Waals surface area contributed by atoms with Gasteiger partial charge in [-0.1, -0.05) is 6.92 Å². The zero-order valence-electron chi connectivity index (χ0n) is 8.38. The molecule has 0 fully saturated rings. The summed E-state index contributed by atoms with van der Waals surface area (Å²) in [6, 6.07) is 5.72. The molecule has 3 nitrogen and oxygen atoms in total. The molecule has 2 rings (SSSR count). The van der Waals surface area contributed by atoms with Crippen LogP contribution in [-0.2, 0) is 6.42 Å². The zero-order valence-corrected chi connectivity index (χ0v) is 10.5. The standard InChI is InChI=1S/C11H11IN2O/c1-2-3-10-13-9-5-4-7(12)6-8(9)11(15)14-10/h4-6H,2-3H2,1H3,(H,13,14,15). The second kappa shape index (κ2) is 4.30. The van der Waals surface area contributed by atoms with Crippen LogP contribution >= 0.6 is 22.6 Å². The van der Waals surface area contributed by atoms with Gasteiger partial charge in [0.25, 0.3) is 5.56 Å². The van der Waals surface area contributed by atoms with Crippen molar-refractivity contribution in [2.45, 2.75) is 19.8 Å². The lowest BCUT2D eigenvalue weighted by molar-refractivity contribution is 0.837. The van der Waals surface area contributed by atoms with Crippen LogP contribution in [0.2, 0.25) is 0 Å². The highest BCUT2D eigenvalue weighted by Gasteiger charge is 2.03. The Labute approximate surface area is 101 Å². The molecule has 0 aliphatic rings. The van der Waals surface area contributed by atoms with Crippen LogP contribution in [0.3, 0.4) is 0 Å². The maximum Gasteiger partial charge on any atom is 0.258 e. The fourth-order valence-corrected chi connectivity index (χ4v) is 2.01. The van der Waals surface area contributed by atoms with Gasteiger partial charge < -0.3 is 4.98 Å². The first kappa shape index (κ1) is 10.6. The van der Waals surface area contributed by atoms with Crippen LogP contribution in [0.15, 0.2) is 23.0 Å². The van der Waals surface area contributed by atoms with Crippen LogP contribution < -0.4 is 5.56 Å². The number of hydrogen-bond acceptors (Lipinski definition) is 2. The van der Waals surface area contributed by atoms with Crippen molar-refractivity contribution in [2.24, 2.45) is 0 Å². The van der Waals surface area contributed by atoms with E-state index in [0.29, 0.717) is 5.39 Å². The van der Waals surface area contributed by atoms with Crippen LogP contribution in [0.5, 0.6) is 0 Å². The molecular weight excluding hydrogens is 303 g/mol. The summed E-state index contributed by atoms with van der Waals surface area (Å²) in [7, 11) is 0. The van der Waals surface area contributed by atoms with E-state index >= 15 is 0 Å². The van der Waals surface area contributed by atoms with Gasteiger partial charge in [0.15, 0.2) is 0 Å². The van der Waals surface area contributed by atoms with Crippen molar-refractivity contribution in [1.82, 2.24) is 9.97 Å². The SMILES string of the molecule is CCCc1nc2ccc(I)cc2c(=O)[nH]1. The molecule has 0 aliphatic carbocycles. The fraction of sp³-hybridized carbons (Fsp3) is 0.273. The van der Waals surface area contributed by atoms with Crippen LogP contribution in [-0.4, -0.2) is 9.97 Å². The lowest BCUT2D eigenvalue weighted by atomic mass is 10.2. The van der Waals surface area contributed by atoms with Crippen LogP contribution in [0, 0.1) is 3.57 Å². The van der Waals surface area contributed by atoms with E-state index in [4.69, 9.17) is 0 Å². The summed E-state index contributed by atoms with van der Waals surface area (Å²) in [6.07, 6.45) is 1.80. The molecule has 4 heteroatoms. The Balaban J connectivity index is 2.67. The number of aromatic nitrogens is 2. The highest BCUT2D eigenvalue weighted by atomic mass is 127. The lowest BCUT2D eigenvalue weighted by Crippen LogP contribution is -2.11. The van der Waals surface area contributed by atoms with E-state index in [2.05, 4.69) is 39.5 Å². The van der Waals surface area contributed by atoms with E-state index in [1.54, 1.807) is 0 Å². The third-order valence-electron chi connectivity index (χ3n) is 2.20. The number of fused-ring (bicyclic) bond motifs is 1. The van der Waals surface area contributed by atoms with Crippen LogP contribution in [0.4, 0.5) is 0 Å². The Morgan fingerprint density at radius 1 is 1.47 bits per heavy atom. The molecule has 1 aromatic heterocycles. The third kappa shape index (κ3) is 2.19. The van der Waals surface area contributed by atoms with Gasteiger partial charge in [0, 0.05) is 9.99 Å². The second-order valence-electron chi connectivity index (χ2n) is 3.42. The molecule has 0 bridgehead atoms. The largest absolute Gasteiger partial charge is 0.310 e. The first-order valence-electron chi connectivity index (χ1n) is 4.89. The van der Waals surface area contributed by atoms with E-state index < -0.39 is 0 Å². The summed E-state index contributed by atoms with van der Waals surface area (Å²) in [5, 5.41) is 0.668. The smallest absolute Gasteiger partial charge is 0.258 e. The summed E-state index contributed by atoms with van der Waals surface area (Å²) < 4.78 is 1.05. The van der Waals surface area contributed by atoms with Crippen molar-refractivity contribution >= 4 is 33.5 Å². The minimum atomic E-state index is -0.0398. The number of benzene rings is 1. The van der Waals surface area contributed by atoms with Crippen molar-refractivity contribution in [3.63, 3.8) is 0 Å². The Morgan fingerprint density at radius 3 is 3.00 bits per heavy atom. The van der Waals surface area contributed by atoms with E-state index in [0.717, 1.165) is 27.8 Å². The van der Waals surface area contributed by atoms with E-state index in [1.807, 2.05) is 18.2 Å². The van der Waals surface area contributed by atoms with Gasteiger partial charge in [0.05, 0.1) is 10.9 Å². The van der Waals surface area contributed by atoms with Gasteiger partial charge in [0.1, 0.15) is 5.82 Å². The highest BCUT2D eigenvalue weighted by molar-refractivity contribution is 14.1. The van der Waals surface area contributed by atoms with Crippen molar-refractivity contribution in [1.29, 1.82) is 0 Å². The molecule has 0 amide bonds. The molecule has 78 valence electrons. The summed E-state index contributed by atoms with van der Waals surface area (Å²) in [5.74, 6) is 0.774. The predicted octanol–water partition coefficient (Wildman–Crippen LogP) is 2.48. The van der Waals surface area contributed by atoms with Crippen molar-refractivity contribution in [2.75, 3.05) is 0 Å². The molecule has 0 unspecified atom stereocenters. The maximum absolute atomic E-state index is 11.7. The molecule has 2 aromatic rings. The number of aromatic amines is 1. The fourth-order valence-electron chi connectivity index (χ4n) is 1.51. The van der Waals surface area contributed by atoms with E-state index in [1.165, 1.54) is 0 Å². The number of rotatable bonds is 2. The first-order chi connectivity index (χ1) is 7.20. The quantitative estimate of drug-likeness (QED) is 0.866. The van der Waals surface area contributed by atoms with Crippen LogP contribution in [0.1, 0.15) is 19.2 Å². The Kier molecular flexibility index (Phi) is 3.04. The molecule has 0 spiro atoms. The van der Waals surface area contributed by atoms with Gasteiger partial charge in [-0.3, -0.25) is 4.79 Å². The molecule has 1 aromatic carbocycles. The van der Waals surface area contributed by atoms with Gasteiger partial charge in [0.2, 0.25) is 0 Å². The number of hydrogen-bond donors (Lipinski definition) is 1. The molecule has 0 saturated carbocycles. The molecule has 1 heterocycles. The highest BCUT2D eigenvalue weighted by Crippen LogP contribution is 2.12. The third-order valence-corrected chi connectivity index (χ3v) is 2.87. The predicted molar refractivity (Wildman–Crippen MR) is 69.1 cm³/mol. The second-order valence-corrected chi connectivity index (χ2v) is 4.67. The average Bonchev–Trinajstić information content (AvgIpc) is 2.20. The average molecular weight is 314 g/mol. The first-order valence-corrected chi connectivity index (χ1v) is 5.97. The summed E-state index contributed by atoms with van der Waals surface area (Å²) in [6.45, 7) is 2.07. The molecule has 0 saturated heterocycles. The van der Waals surface area contributed by atoms with Gasteiger partial charge in [-0.15, -0.1) is 0 Å². The molecular formula is C11H11IN2O. The number of aryl methyl sites for hydroxylation is 1. The van der Waals surface area contributed by atoms with Crippen molar-refractivity contribution in [3.8, 4) is 0 Å². The van der Waals surface area contributed by atoms with Crippen LogP contribution in [0.25, 0.3) is 10.9 Å². The van der Waals surface area contributed by atoms with Gasteiger partial charge >= 0.3 is 0 Å². The number of nitrogens with one attached hydrogen (secondary N) is 1. The minimum absolute atomic E-state index is 0.0398. The Hall–Kier alpha value is -0.910. The normalized spacial score (nSPS) is 10.8. The molecule has 0 aliphatic heterocycles. The summed E-state index contributed by atoms with van der Waals surface area (Å²) in [4.78, 5) is 18.9. The lowest BCUT2D eigenvalue weighted by Gasteiger charge is -2.01. The topological polar surface area (TPSA) is 45.8 Å². The van der Waals surface area contributed by atoms with Crippen molar-refractivity contribution < 1.29 is 0 Å². The Morgan fingerprint density at radius 2 is 2.27 bits per heavy atom. The maximum atomic E-state index is 11.7. The zero-order chi connectivity index (χ0) is 10.8. The number of halogens is 1. The number of nitrogens with zero attached hydrogens (tertiary/aromatic N) is 1. The number of H-pyrrole nitrogens is 1. The van der Waals surface area contributed by atoms with Gasteiger partial charge in [-0.25, -0.2) is 4.98 Å². The van der Waals surface area contributed by atoms with Gasteiger partial charge in [-0.2, -0.15) is 0 Å².